The molecule has 0 aliphatic rings. The molecule has 0 heterocycles. The molecule has 0 bridgehead atoms. The van der Waals surface area contributed by atoms with Gasteiger partial charge in [-0.15, -0.1) is 6.58 Å². The van der Waals surface area contributed by atoms with Gasteiger partial charge in [-0.2, -0.15) is 65.9 Å². The lowest BCUT2D eigenvalue weighted by molar-refractivity contribution is -0.449. The van der Waals surface area contributed by atoms with Gasteiger partial charge in [0.2, 0.25) is 0 Å². The maximum Gasteiger partial charge on any atom is 0.460 e. The van der Waals surface area contributed by atoms with Gasteiger partial charge in [0.25, 0.3) is 5.91 Å². The van der Waals surface area contributed by atoms with E-state index in [4.69, 9.17) is 0 Å². The van der Waals surface area contributed by atoms with Crippen LogP contribution in [0, 0.1) is 5.92 Å². The smallest absolute Gasteiger partial charge is 0.460 e. The molecule has 0 aliphatic carbocycles. The summed E-state index contributed by atoms with van der Waals surface area (Å²) in [4.78, 5) is 23.5. The Kier molecular flexibility index (Phi) is 10.7. The van der Waals surface area contributed by atoms with E-state index >= 15 is 0 Å². The fraction of sp³-hybridized carbons (Fsp3) is 0.789. The van der Waals surface area contributed by atoms with Crippen molar-refractivity contribution < 1.29 is 80.2 Å². The van der Waals surface area contributed by atoms with Crippen molar-refractivity contribution in [1.82, 2.24) is 5.32 Å². The van der Waals surface area contributed by atoms with Crippen LogP contribution in [0.2, 0.25) is 0 Å². The minimum absolute atomic E-state index is 0.0848. The molecule has 1 atom stereocenters. The number of carbonyl (C=O) groups excluding carboxylic acids is 2. The molecule has 0 aromatic carbocycles. The van der Waals surface area contributed by atoms with Gasteiger partial charge in [-0.1, -0.05) is 19.9 Å². The van der Waals surface area contributed by atoms with Crippen molar-refractivity contribution in [2.24, 2.45) is 5.92 Å². The van der Waals surface area contributed by atoms with E-state index in [1.807, 2.05) is 0 Å². The van der Waals surface area contributed by atoms with Crippen LogP contribution < -0.4 is 5.32 Å². The Balaban J connectivity index is 6.20. The molecule has 0 aromatic rings. The molecule has 1 amide bonds. The number of rotatable bonds is 14. The fourth-order valence-corrected chi connectivity index (χ4v) is 2.50. The van der Waals surface area contributed by atoms with Crippen LogP contribution in [0.5, 0.6) is 0 Å². The number of amides is 1. The Bertz CT molecular complexity index is 853. The number of halogens is 15. The maximum absolute atomic E-state index is 14.0. The Morgan fingerprint density at radius 3 is 1.58 bits per heavy atom. The lowest BCUT2D eigenvalue weighted by atomic mass is 9.90. The zero-order valence-corrected chi connectivity index (χ0v) is 19.2. The molecule has 0 aromatic heterocycles. The van der Waals surface area contributed by atoms with Gasteiger partial charge in [-0.05, 0) is 25.2 Å². The van der Waals surface area contributed by atoms with Crippen molar-refractivity contribution in [3.05, 3.63) is 12.7 Å². The van der Waals surface area contributed by atoms with Gasteiger partial charge in [-0.3, -0.25) is 4.79 Å². The quantitative estimate of drug-likeness (QED) is 0.110. The van der Waals surface area contributed by atoms with Crippen LogP contribution in [0.15, 0.2) is 12.7 Å². The first-order valence-electron chi connectivity index (χ1n) is 10.1. The average molecular weight is 595 g/mol. The number of ether oxygens (including phenoxy) is 1. The van der Waals surface area contributed by atoms with Gasteiger partial charge in [0, 0.05) is 0 Å². The molecule has 19 heteroatoms. The van der Waals surface area contributed by atoms with Crippen molar-refractivity contribution in [2.45, 2.75) is 80.9 Å². The first-order valence-corrected chi connectivity index (χ1v) is 10.1. The van der Waals surface area contributed by atoms with Crippen molar-refractivity contribution >= 4 is 11.9 Å². The van der Waals surface area contributed by atoms with Crippen LogP contribution in [0.3, 0.4) is 0 Å². The summed E-state index contributed by atoms with van der Waals surface area (Å²) in [6, 6.07) is -2.40. The van der Waals surface area contributed by atoms with E-state index in [0.29, 0.717) is 12.5 Å². The zero-order chi connectivity index (χ0) is 30.8. The van der Waals surface area contributed by atoms with Crippen LogP contribution in [0.25, 0.3) is 0 Å². The number of carbonyl (C=O) groups is 2. The molecule has 0 aliphatic heterocycles. The third-order valence-electron chi connectivity index (χ3n) is 4.78. The predicted octanol–water partition coefficient (Wildman–Crippen LogP) is 6.40. The van der Waals surface area contributed by atoms with Crippen LogP contribution in [0.4, 0.5) is 65.9 Å². The Morgan fingerprint density at radius 1 is 0.763 bits per heavy atom. The highest BCUT2D eigenvalue weighted by molar-refractivity contribution is 5.89. The van der Waals surface area contributed by atoms with Gasteiger partial charge in [0.15, 0.2) is 0 Å². The van der Waals surface area contributed by atoms with E-state index in [-0.39, 0.29) is 12.3 Å². The molecule has 224 valence electrons. The highest BCUT2D eigenvalue weighted by Gasteiger charge is 2.94. The monoisotopic (exact) mass is 595 g/mol. The van der Waals surface area contributed by atoms with Crippen molar-refractivity contribution in [3.8, 4) is 0 Å². The topological polar surface area (TPSA) is 55.4 Å². The molecule has 4 nitrogen and oxygen atoms in total. The fourth-order valence-electron chi connectivity index (χ4n) is 2.50. The van der Waals surface area contributed by atoms with Crippen LogP contribution in [-0.2, 0) is 14.3 Å². The summed E-state index contributed by atoms with van der Waals surface area (Å²) in [6.07, 6.45) is -7.38. The third kappa shape index (κ3) is 6.26. The van der Waals surface area contributed by atoms with Gasteiger partial charge in [-0.25, -0.2) is 4.79 Å². The van der Waals surface area contributed by atoms with Crippen LogP contribution in [0.1, 0.15) is 33.1 Å². The highest BCUT2D eigenvalue weighted by atomic mass is 19.4. The molecule has 0 saturated carbocycles. The molecule has 0 saturated heterocycles. The molecule has 1 unspecified atom stereocenters. The predicted molar refractivity (Wildman–Crippen MR) is 97.5 cm³/mol. The molecule has 0 spiro atoms. The van der Waals surface area contributed by atoms with Gasteiger partial charge < -0.3 is 10.1 Å². The number of nitrogens with one attached hydrogen (secondary N) is 1. The van der Waals surface area contributed by atoms with Crippen molar-refractivity contribution in [3.63, 3.8) is 0 Å². The molecular weight excluding hydrogens is 575 g/mol. The van der Waals surface area contributed by atoms with Gasteiger partial charge in [0.05, 0.1) is 6.61 Å². The van der Waals surface area contributed by atoms with Gasteiger partial charge in [0.1, 0.15) is 6.04 Å². The van der Waals surface area contributed by atoms with Crippen LogP contribution >= 0.6 is 0 Å². The second-order valence-corrected chi connectivity index (χ2v) is 8.20. The Morgan fingerprint density at radius 2 is 1.18 bits per heavy atom. The van der Waals surface area contributed by atoms with Crippen LogP contribution in [-0.4, -0.2) is 66.2 Å². The summed E-state index contributed by atoms with van der Waals surface area (Å²) in [5.41, 5.74) is 0. The Hall–Kier alpha value is -2.37. The summed E-state index contributed by atoms with van der Waals surface area (Å²) in [7, 11) is 0. The minimum Gasteiger partial charge on any atom is -0.464 e. The highest BCUT2D eigenvalue weighted by Crippen LogP contribution is 2.62. The standard InChI is InChI=1S/C19H20F15NO3/c1-4-6-10(11(36)38-8-5-7-9(2)3)35-12(37)13(20,21)14(22,23)15(24,25)16(26,27)17(28,29)18(30,31)19(32,33)34/h4,9-10H,1,5-8H2,2-3H3,(H,35,37). The van der Waals surface area contributed by atoms with E-state index in [2.05, 4.69) is 11.3 Å². The molecule has 0 rings (SSSR count). The molecule has 38 heavy (non-hydrogen) atoms. The Labute approximate surface area is 204 Å². The van der Waals surface area contributed by atoms with Crippen molar-refractivity contribution in [2.75, 3.05) is 6.61 Å². The average Bonchev–Trinajstić information content (AvgIpc) is 2.74. The lowest BCUT2D eigenvalue weighted by Crippen LogP contribution is -2.74. The summed E-state index contributed by atoms with van der Waals surface area (Å²) in [6.45, 7) is 6.05. The number of esters is 1. The van der Waals surface area contributed by atoms with Crippen molar-refractivity contribution in [1.29, 1.82) is 0 Å². The largest absolute Gasteiger partial charge is 0.464 e. The van der Waals surface area contributed by atoms with E-state index in [1.165, 1.54) is 0 Å². The summed E-state index contributed by atoms with van der Waals surface area (Å²) < 4.78 is 203. The summed E-state index contributed by atoms with van der Waals surface area (Å²) in [5, 5.41) is 0.722. The summed E-state index contributed by atoms with van der Waals surface area (Å²) in [5.74, 6) is -54.0. The number of hydrogen-bond acceptors (Lipinski definition) is 3. The zero-order valence-electron chi connectivity index (χ0n) is 19.2. The number of hydrogen-bond donors (Lipinski definition) is 1. The SMILES string of the molecule is C=CCC(NC(=O)C(F)(F)C(F)(F)C(F)(F)C(F)(F)C(F)(F)C(F)(F)C(F)(F)F)C(=O)OCCCC(C)C. The van der Waals surface area contributed by atoms with E-state index in [1.54, 1.807) is 13.8 Å². The first-order chi connectivity index (χ1) is 16.7. The van der Waals surface area contributed by atoms with Gasteiger partial charge >= 0.3 is 47.7 Å². The molecule has 0 fully saturated rings. The maximum atomic E-state index is 14.0. The third-order valence-corrected chi connectivity index (χ3v) is 4.78. The van der Waals surface area contributed by atoms with E-state index in [9.17, 15) is 75.4 Å². The minimum atomic E-state index is -8.53. The van der Waals surface area contributed by atoms with E-state index < -0.39 is 72.7 Å². The molecule has 1 N–H and O–H groups in total. The molecule has 0 radical (unpaired) electrons. The normalized spacial score (nSPS) is 15.3. The second kappa shape index (κ2) is 11.4. The van der Waals surface area contributed by atoms with E-state index in [0.717, 1.165) is 5.32 Å². The lowest BCUT2D eigenvalue weighted by Gasteiger charge is -2.41. The number of alkyl halides is 15. The molecular formula is C19H20F15NO3. The first kappa shape index (κ1) is 35.6. The summed E-state index contributed by atoms with van der Waals surface area (Å²) >= 11 is 0. The second-order valence-electron chi connectivity index (χ2n) is 8.20.